The van der Waals surface area contributed by atoms with Crippen LogP contribution < -0.4 is 10.1 Å². The average molecular weight is 297 g/mol. The highest BCUT2D eigenvalue weighted by Gasteiger charge is 2.12. The molecule has 0 aromatic heterocycles. The molecule has 0 aliphatic carbocycles. The Morgan fingerprint density at radius 2 is 1.82 bits per heavy atom. The maximum Gasteiger partial charge on any atom is 0.258 e. The van der Waals surface area contributed by atoms with Crippen LogP contribution in [0.25, 0.3) is 0 Å². The third-order valence-electron chi connectivity index (χ3n) is 3.72. The molecule has 1 atom stereocenters. The van der Waals surface area contributed by atoms with Gasteiger partial charge in [-0.2, -0.15) is 0 Å². The topological polar surface area (TPSA) is 38.3 Å². The van der Waals surface area contributed by atoms with Gasteiger partial charge < -0.3 is 10.1 Å². The smallest absolute Gasteiger partial charge is 0.258 e. The van der Waals surface area contributed by atoms with Gasteiger partial charge in [-0.15, -0.1) is 0 Å². The molecule has 3 heteroatoms. The Labute approximate surface area is 132 Å². The van der Waals surface area contributed by atoms with E-state index in [0.717, 1.165) is 16.9 Å². The van der Waals surface area contributed by atoms with E-state index in [1.54, 1.807) is 0 Å². The molecule has 2 aromatic carbocycles. The molecule has 0 unspecified atom stereocenters. The summed E-state index contributed by atoms with van der Waals surface area (Å²) in [5, 5.41) is 2.97. The predicted molar refractivity (Wildman–Crippen MR) is 89.1 cm³/mol. The van der Waals surface area contributed by atoms with Crippen LogP contribution in [-0.4, -0.2) is 12.5 Å². The average Bonchev–Trinajstić information content (AvgIpc) is 2.46. The van der Waals surface area contributed by atoms with Gasteiger partial charge in [0, 0.05) is 0 Å². The zero-order valence-corrected chi connectivity index (χ0v) is 13.6. The largest absolute Gasteiger partial charge is 0.484 e. The van der Waals surface area contributed by atoms with Crippen molar-refractivity contribution in [1.82, 2.24) is 5.32 Å². The number of ether oxygens (including phenoxy) is 1. The maximum atomic E-state index is 12.1. The molecule has 22 heavy (non-hydrogen) atoms. The fourth-order valence-electron chi connectivity index (χ4n) is 2.54. The molecule has 0 saturated heterocycles. The number of nitrogens with one attached hydrogen (secondary N) is 1. The van der Waals surface area contributed by atoms with Crippen LogP contribution in [0.2, 0.25) is 0 Å². The Bertz CT molecular complexity index is 664. The van der Waals surface area contributed by atoms with E-state index in [9.17, 15) is 4.79 Å². The Morgan fingerprint density at radius 1 is 1.09 bits per heavy atom. The fourth-order valence-corrected chi connectivity index (χ4v) is 2.54. The Hall–Kier alpha value is -2.29. The van der Waals surface area contributed by atoms with Crippen LogP contribution in [0.3, 0.4) is 0 Å². The van der Waals surface area contributed by atoms with Gasteiger partial charge in [0.2, 0.25) is 0 Å². The van der Waals surface area contributed by atoms with Crippen molar-refractivity contribution in [2.24, 2.45) is 0 Å². The molecule has 0 spiro atoms. The summed E-state index contributed by atoms with van der Waals surface area (Å²) in [7, 11) is 0. The fraction of sp³-hybridized carbons (Fsp3) is 0.316. The highest BCUT2D eigenvalue weighted by molar-refractivity contribution is 5.78. The number of amides is 1. The van der Waals surface area contributed by atoms with Crippen molar-refractivity contribution in [3.63, 3.8) is 0 Å². The number of benzene rings is 2. The number of carbonyl (C=O) groups is 1. The lowest BCUT2D eigenvalue weighted by Crippen LogP contribution is -2.31. The van der Waals surface area contributed by atoms with Crippen molar-refractivity contribution < 1.29 is 9.53 Å². The quantitative estimate of drug-likeness (QED) is 0.910. The number of hydrogen-bond acceptors (Lipinski definition) is 2. The Balaban J connectivity index is 1.92. The second kappa shape index (κ2) is 7.12. The monoisotopic (exact) mass is 297 g/mol. The number of aryl methyl sites for hydroxylation is 3. The zero-order chi connectivity index (χ0) is 16.1. The van der Waals surface area contributed by atoms with Crippen molar-refractivity contribution >= 4 is 5.91 Å². The second-order valence-corrected chi connectivity index (χ2v) is 5.70. The molecule has 0 aliphatic rings. The van der Waals surface area contributed by atoms with Gasteiger partial charge in [-0.05, 0) is 50.5 Å². The van der Waals surface area contributed by atoms with E-state index in [4.69, 9.17) is 4.74 Å². The maximum absolute atomic E-state index is 12.1. The summed E-state index contributed by atoms with van der Waals surface area (Å²) in [5.74, 6) is 0.639. The van der Waals surface area contributed by atoms with Gasteiger partial charge in [0.05, 0.1) is 6.04 Å². The van der Waals surface area contributed by atoms with Crippen molar-refractivity contribution in [2.75, 3.05) is 6.61 Å². The predicted octanol–water partition coefficient (Wildman–Crippen LogP) is 3.87. The van der Waals surface area contributed by atoms with Gasteiger partial charge >= 0.3 is 0 Å². The van der Waals surface area contributed by atoms with E-state index < -0.39 is 0 Å². The van der Waals surface area contributed by atoms with Crippen molar-refractivity contribution in [3.05, 3.63) is 64.7 Å². The van der Waals surface area contributed by atoms with Gasteiger partial charge in [0.15, 0.2) is 6.61 Å². The first-order chi connectivity index (χ1) is 10.5. The Kier molecular flexibility index (Phi) is 5.21. The van der Waals surface area contributed by atoms with Gasteiger partial charge in [0.25, 0.3) is 5.91 Å². The van der Waals surface area contributed by atoms with Crippen LogP contribution in [0.4, 0.5) is 0 Å². The molecule has 0 heterocycles. The summed E-state index contributed by atoms with van der Waals surface area (Å²) in [6.45, 7) is 8.07. The highest BCUT2D eigenvalue weighted by atomic mass is 16.5. The second-order valence-electron chi connectivity index (χ2n) is 5.70. The lowest BCUT2D eigenvalue weighted by Gasteiger charge is -2.17. The van der Waals surface area contributed by atoms with E-state index in [2.05, 4.69) is 5.32 Å². The minimum Gasteiger partial charge on any atom is -0.484 e. The van der Waals surface area contributed by atoms with Crippen LogP contribution in [0.1, 0.15) is 35.2 Å². The van der Waals surface area contributed by atoms with Gasteiger partial charge in [-0.1, -0.05) is 42.0 Å². The molecular weight excluding hydrogens is 274 g/mol. The number of rotatable bonds is 5. The van der Waals surface area contributed by atoms with Crippen molar-refractivity contribution in [2.45, 2.75) is 33.7 Å². The van der Waals surface area contributed by atoms with E-state index in [1.807, 2.05) is 70.2 Å². The third kappa shape index (κ3) is 4.10. The Morgan fingerprint density at radius 3 is 2.50 bits per heavy atom. The normalized spacial score (nSPS) is 11.8. The first kappa shape index (κ1) is 16.1. The van der Waals surface area contributed by atoms with Crippen molar-refractivity contribution in [1.29, 1.82) is 0 Å². The van der Waals surface area contributed by atoms with Gasteiger partial charge in [0.1, 0.15) is 5.75 Å². The summed E-state index contributed by atoms with van der Waals surface area (Å²) < 4.78 is 5.61. The molecule has 2 aromatic rings. The minimum absolute atomic E-state index is 0.0279. The molecular formula is C19H23NO2. The third-order valence-corrected chi connectivity index (χ3v) is 3.72. The molecule has 0 bridgehead atoms. The summed E-state index contributed by atoms with van der Waals surface area (Å²) in [5.41, 5.74) is 4.52. The molecule has 0 saturated carbocycles. The van der Waals surface area contributed by atoms with Crippen LogP contribution in [-0.2, 0) is 4.79 Å². The molecule has 1 N–H and O–H groups in total. The van der Waals surface area contributed by atoms with E-state index in [1.165, 1.54) is 11.1 Å². The summed E-state index contributed by atoms with van der Waals surface area (Å²) in [4.78, 5) is 12.1. The minimum atomic E-state index is -0.115. The van der Waals surface area contributed by atoms with Crippen LogP contribution in [0.5, 0.6) is 5.75 Å². The molecule has 0 aliphatic heterocycles. The van der Waals surface area contributed by atoms with Gasteiger partial charge in [-0.25, -0.2) is 0 Å². The first-order valence-corrected chi connectivity index (χ1v) is 7.52. The van der Waals surface area contributed by atoms with Crippen molar-refractivity contribution in [3.8, 4) is 5.75 Å². The zero-order valence-electron chi connectivity index (χ0n) is 13.6. The van der Waals surface area contributed by atoms with Gasteiger partial charge in [-0.3, -0.25) is 4.79 Å². The molecule has 116 valence electrons. The molecule has 0 fully saturated rings. The van der Waals surface area contributed by atoms with E-state index >= 15 is 0 Å². The lowest BCUT2D eigenvalue weighted by atomic mass is 10.0. The summed E-state index contributed by atoms with van der Waals surface area (Å²) in [6.07, 6.45) is 0. The number of carbonyl (C=O) groups excluding carboxylic acids is 1. The summed E-state index contributed by atoms with van der Waals surface area (Å²) in [6, 6.07) is 14.0. The SMILES string of the molecule is Cc1ccc(OCC(=O)N[C@@H](C)c2ccccc2C)c(C)c1. The molecule has 1 amide bonds. The lowest BCUT2D eigenvalue weighted by molar-refractivity contribution is -0.123. The molecule has 2 rings (SSSR count). The first-order valence-electron chi connectivity index (χ1n) is 7.52. The number of hydrogen-bond donors (Lipinski definition) is 1. The van der Waals surface area contributed by atoms with E-state index in [0.29, 0.717) is 0 Å². The van der Waals surface area contributed by atoms with Crippen LogP contribution in [0.15, 0.2) is 42.5 Å². The molecule has 0 radical (unpaired) electrons. The highest BCUT2D eigenvalue weighted by Crippen LogP contribution is 2.19. The standard InChI is InChI=1S/C19H23NO2/c1-13-9-10-18(15(3)11-13)22-12-19(21)20-16(4)17-8-6-5-7-14(17)2/h5-11,16H,12H2,1-4H3,(H,20,21)/t16-/m0/s1. The van der Waals surface area contributed by atoms with E-state index in [-0.39, 0.29) is 18.6 Å². The van der Waals surface area contributed by atoms with Crippen LogP contribution >= 0.6 is 0 Å². The van der Waals surface area contributed by atoms with Crippen LogP contribution in [0, 0.1) is 20.8 Å². The molecule has 3 nitrogen and oxygen atoms in total. The summed E-state index contributed by atoms with van der Waals surface area (Å²) >= 11 is 0.